The van der Waals surface area contributed by atoms with Crippen LogP contribution in [0.2, 0.25) is 0 Å². The molecule has 0 unspecified atom stereocenters. The molecule has 4 rings (SSSR count). The van der Waals surface area contributed by atoms with Gasteiger partial charge in [-0.3, -0.25) is 0 Å². The highest BCUT2D eigenvalue weighted by atomic mass is 19.1. The maximum atomic E-state index is 13.4. The minimum Gasteiger partial charge on any atom is -0.423 e. The topological polar surface area (TPSA) is 65.0 Å². The van der Waals surface area contributed by atoms with E-state index in [1.54, 1.807) is 30.3 Å². The summed E-state index contributed by atoms with van der Waals surface area (Å²) in [6, 6.07) is 16.9. The van der Waals surface area contributed by atoms with Crippen LogP contribution < -0.4 is 4.74 Å². The second kappa shape index (κ2) is 8.08. The summed E-state index contributed by atoms with van der Waals surface area (Å²) in [6.07, 6.45) is 1.50. The maximum Gasteiger partial charge on any atom is 0.363 e. The molecule has 1 aliphatic heterocycles. The number of aliphatic imine (C=N–C) groups is 1. The van der Waals surface area contributed by atoms with Gasteiger partial charge in [-0.25, -0.2) is 23.4 Å². The van der Waals surface area contributed by atoms with E-state index in [0.717, 1.165) is 0 Å². The van der Waals surface area contributed by atoms with Crippen molar-refractivity contribution in [2.75, 3.05) is 0 Å². The fraction of sp³-hybridized carbons (Fsp3) is 0. The van der Waals surface area contributed by atoms with Crippen molar-refractivity contribution >= 4 is 23.9 Å². The van der Waals surface area contributed by atoms with Crippen LogP contribution in [0.1, 0.15) is 21.5 Å². The van der Waals surface area contributed by atoms with Crippen LogP contribution in [0.3, 0.4) is 0 Å². The van der Waals surface area contributed by atoms with E-state index in [0.29, 0.717) is 11.1 Å². The van der Waals surface area contributed by atoms with Gasteiger partial charge in [-0.05, 0) is 66.2 Å². The van der Waals surface area contributed by atoms with E-state index in [9.17, 15) is 18.4 Å². The van der Waals surface area contributed by atoms with Crippen LogP contribution in [0.4, 0.5) is 8.78 Å². The third-order valence-corrected chi connectivity index (χ3v) is 4.17. The van der Waals surface area contributed by atoms with Crippen LogP contribution in [0.25, 0.3) is 6.08 Å². The van der Waals surface area contributed by atoms with Crippen molar-refractivity contribution in [3.8, 4) is 5.75 Å². The van der Waals surface area contributed by atoms with Crippen LogP contribution in [0.5, 0.6) is 5.75 Å². The molecule has 3 aromatic rings. The Kier molecular flexibility index (Phi) is 5.17. The lowest BCUT2D eigenvalue weighted by molar-refractivity contribution is -0.129. The van der Waals surface area contributed by atoms with Crippen molar-refractivity contribution in [1.29, 1.82) is 0 Å². The molecule has 0 aliphatic carbocycles. The monoisotopic (exact) mass is 405 g/mol. The predicted molar refractivity (Wildman–Crippen MR) is 105 cm³/mol. The van der Waals surface area contributed by atoms with Gasteiger partial charge in [0.05, 0.1) is 5.56 Å². The first-order chi connectivity index (χ1) is 14.5. The largest absolute Gasteiger partial charge is 0.423 e. The van der Waals surface area contributed by atoms with E-state index >= 15 is 0 Å². The molecule has 0 saturated heterocycles. The maximum absolute atomic E-state index is 13.4. The molecule has 7 heteroatoms. The molecule has 5 nitrogen and oxygen atoms in total. The Labute approximate surface area is 169 Å². The molecule has 1 aliphatic rings. The van der Waals surface area contributed by atoms with Crippen molar-refractivity contribution < 1.29 is 27.8 Å². The minimum absolute atomic E-state index is 0.0237. The lowest BCUT2D eigenvalue weighted by Crippen LogP contribution is -2.08. The number of carbonyl (C=O) groups is 2. The molecular weight excluding hydrogens is 392 g/mol. The van der Waals surface area contributed by atoms with Gasteiger partial charge in [0.25, 0.3) is 0 Å². The van der Waals surface area contributed by atoms with Gasteiger partial charge in [-0.15, -0.1) is 0 Å². The molecule has 0 bridgehead atoms. The van der Waals surface area contributed by atoms with Gasteiger partial charge in [-0.1, -0.05) is 18.2 Å². The molecule has 0 saturated carbocycles. The van der Waals surface area contributed by atoms with E-state index in [1.165, 1.54) is 48.5 Å². The first-order valence-corrected chi connectivity index (χ1v) is 8.84. The van der Waals surface area contributed by atoms with Gasteiger partial charge in [-0.2, -0.15) is 0 Å². The fourth-order valence-electron chi connectivity index (χ4n) is 2.70. The number of hydrogen-bond acceptors (Lipinski definition) is 5. The summed E-state index contributed by atoms with van der Waals surface area (Å²) in [4.78, 5) is 28.2. The van der Waals surface area contributed by atoms with Gasteiger partial charge in [0, 0.05) is 5.56 Å². The van der Waals surface area contributed by atoms with Crippen LogP contribution in [0.15, 0.2) is 83.5 Å². The molecule has 30 heavy (non-hydrogen) atoms. The molecule has 0 amide bonds. The Bertz CT molecular complexity index is 1180. The normalized spacial score (nSPS) is 14.4. The molecule has 3 aromatic carbocycles. The Morgan fingerprint density at radius 2 is 1.67 bits per heavy atom. The number of ether oxygens (including phenoxy) is 2. The Morgan fingerprint density at radius 3 is 2.37 bits per heavy atom. The van der Waals surface area contributed by atoms with Crippen LogP contribution in [0, 0.1) is 11.6 Å². The van der Waals surface area contributed by atoms with E-state index in [4.69, 9.17) is 9.47 Å². The first kappa shape index (κ1) is 19.2. The summed E-state index contributed by atoms with van der Waals surface area (Å²) in [7, 11) is 0. The van der Waals surface area contributed by atoms with Gasteiger partial charge in [0.1, 0.15) is 17.4 Å². The lowest BCUT2D eigenvalue weighted by Gasteiger charge is -2.04. The SMILES string of the molecule is O=C1OC(c2cccc(F)c2)=NC1=Cc1ccc(OC(=O)c2ccc(F)cc2)cc1. The first-order valence-electron chi connectivity index (χ1n) is 8.84. The molecular formula is C23H13F2NO4. The second-order valence-electron chi connectivity index (χ2n) is 6.31. The number of halogens is 2. The molecule has 0 fully saturated rings. The van der Waals surface area contributed by atoms with Crippen molar-refractivity contribution in [3.05, 3.63) is 107 Å². The Hall–Kier alpha value is -4.13. The standard InChI is InChI=1S/C23H13F2NO4/c24-17-8-6-15(7-9-17)22(27)29-19-10-4-14(5-11-19)12-20-23(28)30-21(26-20)16-2-1-3-18(25)13-16/h1-13H. The number of esters is 2. The fourth-order valence-corrected chi connectivity index (χ4v) is 2.70. The van der Waals surface area contributed by atoms with E-state index < -0.39 is 23.6 Å². The van der Waals surface area contributed by atoms with Crippen molar-refractivity contribution in [1.82, 2.24) is 0 Å². The van der Waals surface area contributed by atoms with Crippen molar-refractivity contribution in [3.63, 3.8) is 0 Å². The number of cyclic esters (lactones) is 1. The van der Waals surface area contributed by atoms with Crippen LogP contribution in [-0.2, 0) is 9.53 Å². The lowest BCUT2D eigenvalue weighted by atomic mass is 10.2. The zero-order valence-electron chi connectivity index (χ0n) is 15.3. The summed E-state index contributed by atoms with van der Waals surface area (Å²) in [5, 5.41) is 0. The number of hydrogen-bond donors (Lipinski definition) is 0. The summed E-state index contributed by atoms with van der Waals surface area (Å²) in [5.74, 6) is -1.88. The summed E-state index contributed by atoms with van der Waals surface area (Å²) < 4.78 is 36.6. The highest BCUT2D eigenvalue weighted by Crippen LogP contribution is 2.21. The number of carbonyl (C=O) groups excluding carboxylic acids is 2. The number of nitrogens with zero attached hydrogens (tertiary/aromatic N) is 1. The Morgan fingerprint density at radius 1 is 0.933 bits per heavy atom. The average molecular weight is 405 g/mol. The third-order valence-electron chi connectivity index (χ3n) is 4.17. The van der Waals surface area contributed by atoms with Gasteiger partial charge in [0.15, 0.2) is 5.70 Å². The quantitative estimate of drug-likeness (QED) is 0.364. The minimum atomic E-state index is -0.652. The molecule has 0 atom stereocenters. The van der Waals surface area contributed by atoms with E-state index in [-0.39, 0.29) is 22.9 Å². The van der Waals surface area contributed by atoms with Crippen LogP contribution >= 0.6 is 0 Å². The zero-order chi connectivity index (χ0) is 21.1. The van der Waals surface area contributed by atoms with E-state index in [2.05, 4.69) is 4.99 Å². The predicted octanol–water partition coefficient (Wildman–Crippen LogP) is 4.53. The highest BCUT2D eigenvalue weighted by Gasteiger charge is 2.24. The van der Waals surface area contributed by atoms with E-state index in [1.807, 2.05) is 0 Å². The molecule has 148 valence electrons. The molecule has 1 heterocycles. The van der Waals surface area contributed by atoms with Crippen molar-refractivity contribution in [2.45, 2.75) is 0 Å². The second-order valence-corrected chi connectivity index (χ2v) is 6.31. The molecule has 0 aromatic heterocycles. The molecule has 0 spiro atoms. The van der Waals surface area contributed by atoms with Crippen LogP contribution in [-0.4, -0.2) is 17.8 Å². The average Bonchev–Trinajstić information content (AvgIpc) is 3.10. The highest BCUT2D eigenvalue weighted by molar-refractivity contribution is 6.12. The smallest absolute Gasteiger partial charge is 0.363 e. The summed E-state index contributed by atoms with van der Waals surface area (Å²) in [5.41, 5.74) is 1.25. The van der Waals surface area contributed by atoms with Crippen molar-refractivity contribution in [2.24, 2.45) is 4.99 Å². The molecule has 0 radical (unpaired) electrons. The van der Waals surface area contributed by atoms with Gasteiger partial charge >= 0.3 is 11.9 Å². The summed E-state index contributed by atoms with van der Waals surface area (Å²) >= 11 is 0. The summed E-state index contributed by atoms with van der Waals surface area (Å²) in [6.45, 7) is 0. The van der Waals surface area contributed by atoms with Gasteiger partial charge < -0.3 is 9.47 Å². The Balaban J connectivity index is 1.48. The zero-order valence-corrected chi connectivity index (χ0v) is 15.3. The number of rotatable bonds is 4. The molecule has 0 N–H and O–H groups in total. The van der Waals surface area contributed by atoms with Gasteiger partial charge in [0.2, 0.25) is 5.90 Å². The number of benzene rings is 3. The third kappa shape index (κ3) is 4.30.